The number of nitriles is 1. The Labute approximate surface area is 179 Å². The van der Waals surface area contributed by atoms with Gasteiger partial charge in [0.1, 0.15) is 12.0 Å². The molecule has 0 saturated carbocycles. The Hall–Kier alpha value is -3.23. The topological polar surface area (TPSA) is 83.2 Å². The van der Waals surface area contributed by atoms with Gasteiger partial charge in [-0.3, -0.25) is 9.78 Å². The second-order valence-corrected chi connectivity index (χ2v) is 6.09. The van der Waals surface area contributed by atoms with E-state index in [0.717, 1.165) is 13.2 Å². The lowest BCUT2D eigenvalue weighted by Crippen LogP contribution is -2.16. The van der Waals surface area contributed by atoms with Crippen molar-refractivity contribution in [2.24, 2.45) is 5.92 Å². The fourth-order valence-electron chi connectivity index (χ4n) is 2.56. The number of nitrogens with zero attached hydrogens (tertiary/aromatic N) is 2. The van der Waals surface area contributed by atoms with Gasteiger partial charge >= 0.3 is 12.4 Å². The normalized spacial score (nSPS) is 13.6. The summed E-state index contributed by atoms with van der Waals surface area (Å²) >= 11 is 0. The van der Waals surface area contributed by atoms with E-state index in [2.05, 4.69) is 4.98 Å². The van der Waals surface area contributed by atoms with Crippen LogP contribution in [-0.4, -0.2) is 30.1 Å². The van der Waals surface area contributed by atoms with Gasteiger partial charge in [-0.2, -0.15) is 31.6 Å². The van der Waals surface area contributed by atoms with Crippen molar-refractivity contribution in [1.82, 2.24) is 4.98 Å². The molecule has 32 heavy (non-hydrogen) atoms. The first-order valence-electron chi connectivity index (χ1n) is 8.76. The lowest BCUT2D eigenvalue weighted by atomic mass is 9.94. The molecule has 0 bridgehead atoms. The third-order valence-corrected chi connectivity index (χ3v) is 4.06. The fourth-order valence-corrected chi connectivity index (χ4v) is 2.56. The van der Waals surface area contributed by atoms with E-state index in [1.807, 2.05) is 0 Å². The van der Waals surface area contributed by atoms with Crippen LogP contribution in [0.5, 0.6) is 0 Å². The molecular formula is C21H18F6N2O3. The van der Waals surface area contributed by atoms with Crippen LogP contribution in [0, 0.1) is 17.2 Å². The van der Waals surface area contributed by atoms with Crippen LogP contribution in [0.1, 0.15) is 33.2 Å². The molecule has 0 radical (unpaired) electrons. The molecule has 2 rings (SSSR count). The number of ether oxygens (including phenoxy) is 1. The average Bonchev–Trinajstić information content (AvgIpc) is 2.77. The van der Waals surface area contributed by atoms with E-state index in [4.69, 9.17) is 9.84 Å². The van der Waals surface area contributed by atoms with Gasteiger partial charge in [0.2, 0.25) is 0 Å². The summed E-state index contributed by atoms with van der Waals surface area (Å²) in [5, 5.41) is 16.3. The number of halogens is 6. The van der Waals surface area contributed by atoms with Crippen LogP contribution < -0.4 is 0 Å². The first-order valence-corrected chi connectivity index (χ1v) is 8.76. The SMILES string of the molecule is CO.COC(C=CC(C#N)C(=O)c1cc(C(F)(F)F)cc(C(F)(F)F)c1)c1ccncc1. The molecule has 0 saturated heterocycles. The number of aliphatic hydroxyl groups is 1. The fraction of sp³-hybridized carbons (Fsp3) is 0.286. The number of ketones is 1. The molecule has 1 heterocycles. The van der Waals surface area contributed by atoms with Gasteiger partial charge in [0, 0.05) is 32.2 Å². The molecule has 1 aromatic carbocycles. The summed E-state index contributed by atoms with van der Waals surface area (Å²) in [6, 6.07) is 5.29. The maximum atomic E-state index is 13.0. The monoisotopic (exact) mass is 460 g/mol. The maximum Gasteiger partial charge on any atom is 0.416 e. The van der Waals surface area contributed by atoms with E-state index < -0.39 is 46.8 Å². The summed E-state index contributed by atoms with van der Waals surface area (Å²) in [6.45, 7) is 0. The molecule has 1 N–H and O–H groups in total. The van der Waals surface area contributed by atoms with Crippen molar-refractivity contribution in [3.63, 3.8) is 0 Å². The third kappa shape index (κ3) is 7.18. The minimum Gasteiger partial charge on any atom is -0.400 e. The first-order chi connectivity index (χ1) is 15.0. The van der Waals surface area contributed by atoms with Crippen LogP contribution in [-0.2, 0) is 17.1 Å². The highest BCUT2D eigenvalue weighted by Crippen LogP contribution is 2.36. The molecule has 172 valence electrons. The number of aliphatic hydroxyl groups excluding tert-OH is 1. The van der Waals surface area contributed by atoms with Gasteiger partial charge in [-0.05, 0) is 35.9 Å². The van der Waals surface area contributed by atoms with Gasteiger partial charge < -0.3 is 9.84 Å². The van der Waals surface area contributed by atoms with Crippen molar-refractivity contribution in [2.45, 2.75) is 18.5 Å². The number of allylic oxidation sites excluding steroid dienone is 1. The number of benzene rings is 1. The predicted molar refractivity (Wildman–Crippen MR) is 101 cm³/mol. The Morgan fingerprint density at radius 3 is 1.94 bits per heavy atom. The second kappa shape index (κ2) is 11.4. The van der Waals surface area contributed by atoms with Gasteiger partial charge in [-0.15, -0.1) is 0 Å². The maximum absolute atomic E-state index is 13.0. The van der Waals surface area contributed by atoms with Crippen LogP contribution in [0.4, 0.5) is 26.3 Å². The second-order valence-electron chi connectivity index (χ2n) is 6.09. The van der Waals surface area contributed by atoms with Gasteiger partial charge in [0.05, 0.1) is 17.2 Å². The minimum absolute atomic E-state index is 0.0849. The van der Waals surface area contributed by atoms with Crippen LogP contribution >= 0.6 is 0 Å². The van der Waals surface area contributed by atoms with Crippen molar-refractivity contribution in [3.8, 4) is 6.07 Å². The molecular weight excluding hydrogens is 442 g/mol. The zero-order chi connectivity index (χ0) is 24.5. The summed E-state index contributed by atoms with van der Waals surface area (Å²) in [4.78, 5) is 16.3. The number of hydrogen-bond donors (Lipinski definition) is 1. The largest absolute Gasteiger partial charge is 0.416 e. The van der Waals surface area contributed by atoms with Gasteiger partial charge in [0.25, 0.3) is 0 Å². The van der Waals surface area contributed by atoms with E-state index in [0.29, 0.717) is 17.7 Å². The Morgan fingerprint density at radius 1 is 1.03 bits per heavy atom. The number of rotatable bonds is 6. The standard InChI is InChI=1S/C20H14F6N2O2.CH4O/c1-30-17(12-4-6-28-7-5-12)3-2-13(11-27)18(29)14-8-15(19(21,22)23)10-16(9-14)20(24,25)26;1-2/h2-10,13,17H,1H3;2H,1H3. The number of Topliss-reactive ketones (excluding diaryl/α,β-unsaturated/α-hetero) is 1. The number of methoxy groups -OCH3 is 1. The quantitative estimate of drug-likeness (QED) is 0.373. The highest BCUT2D eigenvalue weighted by Gasteiger charge is 2.38. The van der Waals surface area contributed by atoms with Gasteiger partial charge in [0.15, 0.2) is 5.78 Å². The summed E-state index contributed by atoms with van der Waals surface area (Å²) < 4.78 is 83.2. The molecule has 0 amide bonds. The van der Waals surface area contributed by atoms with Crippen molar-refractivity contribution >= 4 is 5.78 Å². The number of carbonyl (C=O) groups excluding carboxylic acids is 1. The number of carbonyl (C=O) groups is 1. The molecule has 5 nitrogen and oxygen atoms in total. The average molecular weight is 460 g/mol. The molecule has 0 aliphatic carbocycles. The van der Waals surface area contributed by atoms with Gasteiger partial charge in [-0.25, -0.2) is 0 Å². The number of hydrogen-bond acceptors (Lipinski definition) is 5. The Balaban J connectivity index is 0.00000249. The molecule has 0 aliphatic heterocycles. The zero-order valence-corrected chi connectivity index (χ0v) is 16.8. The molecule has 2 aromatic rings. The number of pyridine rings is 1. The van der Waals surface area contributed by atoms with Crippen molar-refractivity contribution in [1.29, 1.82) is 5.26 Å². The predicted octanol–water partition coefficient (Wildman–Crippen LogP) is 4.99. The third-order valence-electron chi connectivity index (χ3n) is 4.06. The highest BCUT2D eigenvalue weighted by atomic mass is 19.4. The van der Waals surface area contributed by atoms with E-state index in [1.54, 1.807) is 18.2 Å². The Bertz CT molecular complexity index is 934. The molecule has 0 spiro atoms. The summed E-state index contributed by atoms with van der Waals surface area (Å²) in [5.74, 6) is -2.82. The van der Waals surface area contributed by atoms with Gasteiger partial charge in [-0.1, -0.05) is 12.2 Å². The highest BCUT2D eigenvalue weighted by molar-refractivity contribution is 6.00. The number of aromatic nitrogens is 1. The molecule has 0 aliphatic rings. The minimum atomic E-state index is -5.10. The Kier molecular flexibility index (Phi) is 9.55. The molecule has 2 atom stereocenters. The Morgan fingerprint density at radius 2 is 1.53 bits per heavy atom. The van der Waals surface area contributed by atoms with E-state index in [9.17, 15) is 36.4 Å². The molecule has 2 unspecified atom stereocenters. The van der Waals surface area contributed by atoms with Crippen molar-refractivity contribution in [2.75, 3.05) is 14.2 Å². The van der Waals surface area contributed by atoms with Crippen LogP contribution in [0.15, 0.2) is 54.9 Å². The summed E-state index contributed by atoms with van der Waals surface area (Å²) in [7, 11) is 2.35. The van der Waals surface area contributed by atoms with E-state index in [-0.39, 0.29) is 6.07 Å². The summed E-state index contributed by atoms with van der Waals surface area (Å²) in [5.41, 5.74) is -3.52. The van der Waals surface area contributed by atoms with Crippen molar-refractivity contribution < 1.29 is 41.0 Å². The smallest absolute Gasteiger partial charge is 0.400 e. The molecule has 0 fully saturated rings. The lowest BCUT2D eigenvalue weighted by Gasteiger charge is -2.15. The zero-order valence-electron chi connectivity index (χ0n) is 16.8. The van der Waals surface area contributed by atoms with E-state index in [1.165, 1.54) is 25.6 Å². The molecule has 1 aromatic heterocycles. The number of alkyl halides is 6. The molecule has 11 heteroatoms. The summed E-state index contributed by atoms with van der Waals surface area (Å²) in [6.07, 6.45) is -5.56. The van der Waals surface area contributed by atoms with E-state index >= 15 is 0 Å². The lowest BCUT2D eigenvalue weighted by molar-refractivity contribution is -0.143. The first kappa shape index (κ1) is 26.8. The van der Waals surface area contributed by atoms with Crippen LogP contribution in [0.25, 0.3) is 0 Å². The van der Waals surface area contributed by atoms with Crippen LogP contribution in [0.2, 0.25) is 0 Å². The van der Waals surface area contributed by atoms with Crippen molar-refractivity contribution in [3.05, 3.63) is 77.1 Å². The van der Waals surface area contributed by atoms with Crippen LogP contribution in [0.3, 0.4) is 0 Å².